The number of ether oxygens (including phenoxy) is 3. The molecular weight excluding hydrogens is 408 g/mol. The van der Waals surface area contributed by atoms with E-state index in [1.54, 1.807) is 45.0 Å². The first-order chi connectivity index (χ1) is 14.4. The second kappa shape index (κ2) is 9.36. The van der Waals surface area contributed by atoms with Gasteiger partial charge in [0.05, 0.1) is 11.4 Å². The highest BCUT2D eigenvalue weighted by Crippen LogP contribution is 2.35. The van der Waals surface area contributed by atoms with Crippen molar-refractivity contribution in [2.75, 3.05) is 33.0 Å². The van der Waals surface area contributed by atoms with E-state index >= 15 is 0 Å². The van der Waals surface area contributed by atoms with Crippen LogP contribution in [0.2, 0.25) is 0 Å². The molecule has 0 saturated carbocycles. The number of rotatable bonds is 9. The van der Waals surface area contributed by atoms with E-state index in [2.05, 4.69) is 5.32 Å². The standard InChI is InChI=1S/C21H26N2O6S/c1-4-23(5-2)30(25,26)17-8-6-15(3)18(13-17)21(24)22-10-11-27-16-7-9-19-20(12-16)29-14-28-19/h6-9,12-13H,4-5,10-11,14H2,1-3H3,(H,22,24). The smallest absolute Gasteiger partial charge is 0.251 e. The largest absolute Gasteiger partial charge is 0.492 e. The van der Waals surface area contributed by atoms with Gasteiger partial charge < -0.3 is 19.5 Å². The van der Waals surface area contributed by atoms with Gasteiger partial charge in [-0.25, -0.2) is 8.42 Å². The molecule has 0 radical (unpaired) electrons. The highest BCUT2D eigenvalue weighted by Gasteiger charge is 2.23. The molecule has 1 aliphatic rings. The number of nitrogens with zero attached hydrogens (tertiary/aromatic N) is 1. The predicted octanol–water partition coefficient (Wildman–Crippen LogP) is 2.56. The van der Waals surface area contributed by atoms with E-state index in [1.807, 2.05) is 0 Å². The Morgan fingerprint density at radius 1 is 1.10 bits per heavy atom. The zero-order valence-corrected chi connectivity index (χ0v) is 18.1. The molecule has 8 nitrogen and oxygen atoms in total. The number of benzene rings is 2. The van der Waals surface area contributed by atoms with Crippen molar-refractivity contribution in [3.05, 3.63) is 47.5 Å². The Morgan fingerprint density at radius 2 is 1.83 bits per heavy atom. The Hall–Kier alpha value is -2.78. The molecule has 0 aromatic heterocycles. The lowest BCUT2D eigenvalue weighted by Crippen LogP contribution is -2.31. The van der Waals surface area contributed by atoms with Crippen molar-refractivity contribution in [1.29, 1.82) is 0 Å². The molecule has 2 aromatic rings. The van der Waals surface area contributed by atoms with Crippen LogP contribution in [-0.4, -0.2) is 51.7 Å². The molecule has 30 heavy (non-hydrogen) atoms. The summed E-state index contributed by atoms with van der Waals surface area (Å²) in [4.78, 5) is 12.7. The van der Waals surface area contributed by atoms with Crippen LogP contribution in [0, 0.1) is 6.92 Å². The summed E-state index contributed by atoms with van der Waals surface area (Å²) >= 11 is 0. The molecule has 1 aliphatic heterocycles. The summed E-state index contributed by atoms with van der Waals surface area (Å²) in [5.41, 5.74) is 1.02. The Bertz CT molecular complexity index is 1020. The maximum absolute atomic E-state index is 12.7. The van der Waals surface area contributed by atoms with Crippen LogP contribution < -0.4 is 19.5 Å². The van der Waals surface area contributed by atoms with Crippen molar-refractivity contribution < 1.29 is 27.4 Å². The van der Waals surface area contributed by atoms with Crippen LogP contribution in [0.25, 0.3) is 0 Å². The molecule has 0 unspecified atom stereocenters. The molecular formula is C21H26N2O6S. The minimum atomic E-state index is -3.63. The van der Waals surface area contributed by atoms with Crippen molar-refractivity contribution in [2.24, 2.45) is 0 Å². The van der Waals surface area contributed by atoms with Gasteiger partial charge in [0, 0.05) is 24.7 Å². The van der Waals surface area contributed by atoms with Gasteiger partial charge >= 0.3 is 0 Å². The maximum Gasteiger partial charge on any atom is 0.251 e. The number of nitrogens with one attached hydrogen (secondary N) is 1. The zero-order valence-electron chi connectivity index (χ0n) is 17.3. The van der Waals surface area contributed by atoms with Crippen LogP contribution in [0.1, 0.15) is 29.8 Å². The van der Waals surface area contributed by atoms with E-state index in [1.165, 1.54) is 16.4 Å². The van der Waals surface area contributed by atoms with Gasteiger partial charge in [-0.2, -0.15) is 4.31 Å². The van der Waals surface area contributed by atoms with Gasteiger partial charge in [-0.15, -0.1) is 0 Å². The van der Waals surface area contributed by atoms with Crippen molar-refractivity contribution in [3.8, 4) is 17.2 Å². The number of hydrogen-bond acceptors (Lipinski definition) is 6. The zero-order chi connectivity index (χ0) is 21.7. The highest BCUT2D eigenvalue weighted by molar-refractivity contribution is 7.89. The van der Waals surface area contributed by atoms with E-state index in [4.69, 9.17) is 14.2 Å². The summed E-state index contributed by atoms with van der Waals surface area (Å²) in [7, 11) is -3.63. The number of fused-ring (bicyclic) bond motifs is 1. The van der Waals surface area contributed by atoms with Crippen molar-refractivity contribution in [2.45, 2.75) is 25.7 Å². The number of aryl methyl sites for hydroxylation is 1. The third-order valence-corrected chi connectivity index (χ3v) is 6.84. The maximum atomic E-state index is 12.7. The summed E-state index contributed by atoms with van der Waals surface area (Å²) in [6.45, 7) is 6.77. The van der Waals surface area contributed by atoms with Crippen LogP contribution in [0.15, 0.2) is 41.3 Å². The quantitative estimate of drug-likeness (QED) is 0.610. The van der Waals surface area contributed by atoms with Gasteiger partial charge in [0.2, 0.25) is 16.8 Å². The highest BCUT2D eigenvalue weighted by atomic mass is 32.2. The molecule has 1 N–H and O–H groups in total. The second-order valence-electron chi connectivity index (χ2n) is 6.69. The lowest BCUT2D eigenvalue weighted by atomic mass is 10.1. The van der Waals surface area contributed by atoms with Crippen molar-refractivity contribution in [3.63, 3.8) is 0 Å². The monoisotopic (exact) mass is 434 g/mol. The van der Waals surface area contributed by atoms with E-state index < -0.39 is 10.0 Å². The summed E-state index contributed by atoms with van der Waals surface area (Å²) in [5, 5.41) is 2.77. The van der Waals surface area contributed by atoms with Gasteiger partial charge in [-0.05, 0) is 36.8 Å². The molecule has 0 fully saturated rings. The first-order valence-electron chi connectivity index (χ1n) is 9.78. The third kappa shape index (κ3) is 4.68. The SMILES string of the molecule is CCN(CC)S(=O)(=O)c1ccc(C)c(C(=O)NCCOc2ccc3c(c2)OCO3)c1. The Labute approximate surface area is 176 Å². The van der Waals surface area contributed by atoms with Crippen LogP contribution >= 0.6 is 0 Å². The first kappa shape index (κ1) is 21.9. The minimum absolute atomic E-state index is 0.110. The predicted molar refractivity (Wildman–Crippen MR) is 112 cm³/mol. The number of sulfonamides is 1. The minimum Gasteiger partial charge on any atom is -0.492 e. The molecule has 9 heteroatoms. The second-order valence-corrected chi connectivity index (χ2v) is 8.62. The number of hydrogen-bond donors (Lipinski definition) is 1. The fourth-order valence-electron chi connectivity index (χ4n) is 3.11. The van der Waals surface area contributed by atoms with Gasteiger partial charge in [0.15, 0.2) is 11.5 Å². The molecule has 1 heterocycles. The lowest BCUT2D eigenvalue weighted by molar-refractivity contribution is 0.0946. The molecule has 2 aromatic carbocycles. The molecule has 0 aliphatic carbocycles. The van der Waals surface area contributed by atoms with Gasteiger partial charge in [0.25, 0.3) is 5.91 Å². The van der Waals surface area contributed by atoms with E-state index in [0.29, 0.717) is 41.5 Å². The number of carbonyl (C=O) groups is 1. The summed E-state index contributed by atoms with van der Waals surface area (Å²) in [6, 6.07) is 9.87. The van der Waals surface area contributed by atoms with Crippen LogP contribution in [-0.2, 0) is 10.0 Å². The molecule has 0 saturated heterocycles. The third-order valence-electron chi connectivity index (χ3n) is 4.80. The summed E-state index contributed by atoms with van der Waals surface area (Å²) < 4.78 is 43.0. The van der Waals surface area contributed by atoms with E-state index in [9.17, 15) is 13.2 Å². The Balaban J connectivity index is 1.61. The number of amides is 1. The fraction of sp³-hybridized carbons (Fsp3) is 0.381. The Kier molecular flexibility index (Phi) is 6.84. The number of carbonyl (C=O) groups excluding carboxylic acids is 1. The van der Waals surface area contributed by atoms with Crippen LogP contribution in [0.3, 0.4) is 0 Å². The van der Waals surface area contributed by atoms with Gasteiger partial charge in [-0.1, -0.05) is 19.9 Å². The van der Waals surface area contributed by atoms with Crippen LogP contribution in [0.4, 0.5) is 0 Å². The molecule has 0 bridgehead atoms. The molecule has 1 amide bonds. The normalized spacial score (nSPS) is 12.8. The summed E-state index contributed by atoms with van der Waals surface area (Å²) in [5.74, 6) is 1.56. The molecule has 3 rings (SSSR count). The Morgan fingerprint density at radius 3 is 2.57 bits per heavy atom. The molecule has 162 valence electrons. The van der Waals surface area contributed by atoms with E-state index in [0.717, 1.165) is 0 Å². The van der Waals surface area contributed by atoms with Gasteiger partial charge in [0.1, 0.15) is 12.4 Å². The first-order valence-corrected chi connectivity index (χ1v) is 11.2. The van der Waals surface area contributed by atoms with Crippen LogP contribution in [0.5, 0.6) is 17.2 Å². The fourth-order valence-corrected chi connectivity index (χ4v) is 4.60. The topological polar surface area (TPSA) is 94.2 Å². The van der Waals surface area contributed by atoms with Crippen molar-refractivity contribution >= 4 is 15.9 Å². The van der Waals surface area contributed by atoms with E-state index in [-0.39, 0.29) is 30.7 Å². The molecule has 0 spiro atoms. The lowest BCUT2D eigenvalue weighted by Gasteiger charge is -2.19. The van der Waals surface area contributed by atoms with Crippen molar-refractivity contribution in [1.82, 2.24) is 9.62 Å². The van der Waals surface area contributed by atoms with Gasteiger partial charge in [-0.3, -0.25) is 4.79 Å². The summed E-state index contributed by atoms with van der Waals surface area (Å²) in [6.07, 6.45) is 0. The molecule has 0 atom stereocenters. The average Bonchev–Trinajstić information content (AvgIpc) is 3.19. The average molecular weight is 435 g/mol.